The standard InChI is InChI=1S/C21H18N4O6S2/c22-18-2-1-3-20(17-11-13(33(29,30)31)4-6-14(17)18)24-25-21-9-8-19(23)16-10-12(32(26,27)28)5-7-15(16)21/h2-11H,1,22-23H2,(H,26,27,28)(H,29,30,31). The van der Waals surface area contributed by atoms with Crippen LogP contribution < -0.4 is 11.5 Å². The van der Waals surface area contributed by atoms with E-state index in [0.717, 1.165) is 0 Å². The molecular weight excluding hydrogens is 468 g/mol. The van der Waals surface area contributed by atoms with Crippen LogP contribution in [0.3, 0.4) is 0 Å². The van der Waals surface area contributed by atoms with Crippen LogP contribution in [0.4, 0.5) is 11.4 Å². The minimum Gasteiger partial charge on any atom is -0.398 e. The summed E-state index contributed by atoms with van der Waals surface area (Å²) < 4.78 is 64.9. The molecule has 3 aromatic rings. The largest absolute Gasteiger partial charge is 0.398 e. The molecule has 6 N–H and O–H groups in total. The molecule has 3 aromatic carbocycles. The molecule has 0 heterocycles. The number of nitrogen functional groups attached to an aromatic ring is 1. The van der Waals surface area contributed by atoms with Crippen molar-refractivity contribution in [2.45, 2.75) is 16.2 Å². The third-order valence-electron chi connectivity index (χ3n) is 5.09. The Morgan fingerprint density at radius 2 is 1.39 bits per heavy atom. The molecule has 0 unspecified atom stereocenters. The van der Waals surface area contributed by atoms with Crippen molar-refractivity contribution < 1.29 is 25.9 Å². The maximum atomic E-state index is 11.6. The van der Waals surface area contributed by atoms with Gasteiger partial charge in [0.1, 0.15) is 0 Å². The van der Waals surface area contributed by atoms with Gasteiger partial charge in [0.2, 0.25) is 0 Å². The monoisotopic (exact) mass is 486 g/mol. The Labute approximate surface area is 189 Å². The highest BCUT2D eigenvalue weighted by Crippen LogP contribution is 2.35. The molecule has 0 aromatic heterocycles. The van der Waals surface area contributed by atoms with Crippen molar-refractivity contribution in [2.24, 2.45) is 16.0 Å². The topological polar surface area (TPSA) is 185 Å². The molecule has 0 amide bonds. The Hall–Kier alpha value is -3.58. The first kappa shape index (κ1) is 22.6. The number of rotatable bonds is 4. The van der Waals surface area contributed by atoms with E-state index in [2.05, 4.69) is 10.2 Å². The lowest BCUT2D eigenvalue weighted by Gasteiger charge is -2.10. The van der Waals surface area contributed by atoms with Crippen LogP contribution >= 0.6 is 0 Å². The van der Waals surface area contributed by atoms with E-state index in [-0.39, 0.29) is 15.5 Å². The third-order valence-corrected chi connectivity index (χ3v) is 6.79. The van der Waals surface area contributed by atoms with E-state index >= 15 is 0 Å². The summed E-state index contributed by atoms with van der Waals surface area (Å²) in [6.07, 6.45) is 3.85. The molecule has 33 heavy (non-hydrogen) atoms. The first-order chi connectivity index (χ1) is 15.4. The number of anilines is 1. The Morgan fingerprint density at radius 3 is 2.09 bits per heavy atom. The zero-order chi connectivity index (χ0) is 24.0. The van der Waals surface area contributed by atoms with Gasteiger partial charge in [-0.25, -0.2) is 0 Å². The Kier molecular flexibility index (Phi) is 5.54. The van der Waals surface area contributed by atoms with E-state index in [1.165, 1.54) is 42.5 Å². The number of benzene rings is 3. The van der Waals surface area contributed by atoms with E-state index in [4.69, 9.17) is 11.5 Å². The van der Waals surface area contributed by atoms with E-state index in [1.807, 2.05) is 0 Å². The lowest BCUT2D eigenvalue weighted by atomic mass is 10.0. The Balaban J connectivity index is 1.83. The van der Waals surface area contributed by atoms with E-state index in [0.29, 0.717) is 45.4 Å². The summed E-state index contributed by atoms with van der Waals surface area (Å²) in [5.74, 6) is 0. The number of hydrogen-bond donors (Lipinski definition) is 4. The smallest absolute Gasteiger partial charge is 0.294 e. The summed E-state index contributed by atoms with van der Waals surface area (Å²) >= 11 is 0. The van der Waals surface area contributed by atoms with Crippen LogP contribution in [0.25, 0.3) is 22.2 Å². The normalized spacial score (nSPS) is 14.6. The van der Waals surface area contributed by atoms with Gasteiger partial charge in [0.25, 0.3) is 20.2 Å². The molecule has 1 aliphatic rings. The van der Waals surface area contributed by atoms with Crippen LogP contribution in [0, 0.1) is 0 Å². The third kappa shape index (κ3) is 4.50. The fourth-order valence-corrected chi connectivity index (χ4v) is 4.46. The van der Waals surface area contributed by atoms with Gasteiger partial charge in [-0.05, 0) is 42.8 Å². The second-order valence-electron chi connectivity index (χ2n) is 7.22. The highest BCUT2D eigenvalue weighted by atomic mass is 32.2. The Morgan fingerprint density at radius 1 is 0.727 bits per heavy atom. The van der Waals surface area contributed by atoms with Crippen molar-refractivity contribution in [2.75, 3.05) is 5.73 Å². The van der Waals surface area contributed by atoms with Crippen molar-refractivity contribution in [1.29, 1.82) is 0 Å². The molecule has 0 bridgehead atoms. The van der Waals surface area contributed by atoms with Gasteiger partial charge >= 0.3 is 0 Å². The summed E-state index contributed by atoms with van der Waals surface area (Å²) in [7, 11) is -8.87. The molecule has 4 rings (SSSR count). The van der Waals surface area contributed by atoms with E-state index < -0.39 is 20.2 Å². The lowest BCUT2D eigenvalue weighted by molar-refractivity contribution is 0.481. The number of fused-ring (bicyclic) bond motifs is 2. The van der Waals surface area contributed by atoms with E-state index in [1.54, 1.807) is 18.2 Å². The van der Waals surface area contributed by atoms with Gasteiger partial charge in [-0.1, -0.05) is 24.3 Å². The fourth-order valence-electron chi connectivity index (χ4n) is 3.45. The predicted molar refractivity (Wildman–Crippen MR) is 124 cm³/mol. The molecule has 1 aliphatic carbocycles. The summed E-state index contributed by atoms with van der Waals surface area (Å²) in [5, 5.41) is 9.39. The molecule has 0 radical (unpaired) electrons. The molecule has 170 valence electrons. The zero-order valence-electron chi connectivity index (χ0n) is 16.9. The number of nitrogens with two attached hydrogens (primary N) is 2. The minimum atomic E-state index is -4.45. The van der Waals surface area contributed by atoms with Crippen LogP contribution in [-0.4, -0.2) is 25.9 Å². The van der Waals surface area contributed by atoms with Crippen LogP contribution in [0.15, 0.2) is 80.7 Å². The molecule has 0 fully saturated rings. The van der Waals surface area contributed by atoms with Gasteiger partial charge in [-0.15, -0.1) is 5.11 Å². The summed E-state index contributed by atoms with van der Waals surface area (Å²) in [4.78, 5) is -0.622. The van der Waals surface area contributed by atoms with Crippen LogP contribution in [0.5, 0.6) is 0 Å². The molecule has 0 spiro atoms. The summed E-state index contributed by atoms with van der Waals surface area (Å²) in [6.45, 7) is 0. The summed E-state index contributed by atoms with van der Waals surface area (Å²) in [6, 6.07) is 11.0. The maximum absolute atomic E-state index is 11.6. The molecular formula is C21H18N4O6S2. The fraction of sp³-hybridized carbons (Fsp3) is 0.0476. The van der Waals surface area contributed by atoms with Gasteiger partial charge in [0, 0.05) is 33.3 Å². The van der Waals surface area contributed by atoms with Gasteiger partial charge < -0.3 is 11.5 Å². The van der Waals surface area contributed by atoms with Crippen molar-refractivity contribution in [3.63, 3.8) is 0 Å². The van der Waals surface area contributed by atoms with Crippen molar-refractivity contribution in [1.82, 2.24) is 0 Å². The van der Waals surface area contributed by atoms with Crippen LogP contribution in [0.2, 0.25) is 0 Å². The molecule has 0 aliphatic heterocycles. The second kappa shape index (κ2) is 8.08. The van der Waals surface area contributed by atoms with Crippen molar-refractivity contribution >= 4 is 53.8 Å². The quantitative estimate of drug-likeness (QED) is 0.244. The molecule has 10 nitrogen and oxygen atoms in total. The van der Waals surface area contributed by atoms with Gasteiger partial charge in [0.05, 0.1) is 21.2 Å². The van der Waals surface area contributed by atoms with Gasteiger partial charge in [0.15, 0.2) is 0 Å². The van der Waals surface area contributed by atoms with Gasteiger partial charge in [-0.3, -0.25) is 9.11 Å². The van der Waals surface area contributed by atoms with Crippen molar-refractivity contribution in [3.8, 4) is 0 Å². The number of nitrogens with zero attached hydrogens (tertiary/aromatic N) is 2. The predicted octanol–water partition coefficient (Wildman–Crippen LogP) is 3.74. The van der Waals surface area contributed by atoms with E-state index in [9.17, 15) is 25.9 Å². The average molecular weight is 487 g/mol. The highest BCUT2D eigenvalue weighted by Gasteiger charge is 2.18. The van der Waals surface area contributed by atoms with Crippen LogP contribution in [0.1, 0.15) is 17.5 Å². The summed E-state index contributed by atoms with van der Waals surface area (Å²) in [5.41, 5.74) is 14.3. The second-order valence-corrected chi connectivity index (χ2v) is 10.1. The highest BCUT2D eigenvalue weighted by molar-refractivity contribution is 7.86. The first-order valence-electron chi connectivity index (χ1n) is 9.45. The minimum absolute atomic E-state index is 0.281. The SMILES string of the molecule is NC1=CCC=C(N=Nc2ccc(N)c3cc(S(=O)(=O)O)ccc23)c2cc(S(=O)(=O)O)ccc21. The average Bonchev–Trinajstić information content (AvgIpc) is 2.90. The lowest BCUT2D eigenvalue weighted by Crippen LogP contribution is -2.03. The van der Waals surface area contributed by atoms with Crippen LogP contribution in [-0.2, 0) is 20.2 Å². The zero-order valence-corrected chi connectivity index (χ0v) is 18.5. The number of hydrogen-bond acceptors (Lipinski definition) is 8. The molecule has 0 atom stereocenters. The molecule has 0 saturated heterocycles. The molecule has 0 saturated carbocycles. The number of allylic oxidation sites excluding steroid dienone is 2. The first-order valence-corrected chi connectivity index (χ1v) is 12.3. The van der Waals surface area contributed by atoms with Crippen molar-refractivity contribution in [3.05, 3.63) is 71.8 Å². The Bertz CT molecular complexity index is 1610. The number of azo groups is 1. The molecule has 12 heteroatoms. The van der Waals surface area contributed by atoms with Gasteiger partial charge in [-0.2, -0.15) is 21.9 Å². The maximum Gasteiger partial charge on any atom is 0.294 e.